The molecule has 0 saturated heterocycles. The molecule has 5 rings (SSSR count). The summed E-state index contributed by atoms with van der Waals surface area (Å²) in [6, 6.07) is 14.9. The van der Waals surface area contributed by atoms with Crippen LogP contribution in [0.4, 0.5) is 0 Å². The van der Waals surface area contributed by atoms with E-state index in [1.165, 1.54) is 24.2 Å². The predicted molar refractivity (Wildman–Crippen MR) is 134 cm³/mol. The summed E-state index contributed by atoms with van der Waals surface area (Å²) in [4.78, 5) is 18.7. The fourth-order valence-corrected chi connectivity index (χ4v) is 5.00. The van der Waals surface area contributed by atoms with E-state index in [2.05, 4.69) is 6.07 Å². The van der Waals surface area contributed by atoms with Crippen molar-refractivity contribution < 1.29 is 9.47 Å². The van der Waals surface area contributed by atoms with Crippen molar-refractivity contribution in [3.05, 3.63) is 81.2 Å². The highest BCUT2D eigenvalue weighted by atomic mass is 32.1. The maximum atomic E-state index is 13.4. The van der Waals surface area contributed by atoms with Crippen LogP contribution < -0.4 is 15.0 Å². The van der Waals surface area contributed by atoms with Gasteiger partial charge in [0, 0.05) is 17.1 Å². The maximum absolute atomic E-state index is 13.4. The molecular formula is C27H23N3O3S. The molecule has 0 N–H and O–H groups in total. The Labute approximate surface area is 201 Å². The normalized spacial score (nSPS) is 14.0. The van der Waals surface area contributed by atoms with Crippen molar-refractivity contribution in [3.63, 3.8) is 0 Å². The molecule has 0 unspecified atom stereocenters. The van der Waals surface area contributed by atoms with Gasteiger partial charge in [-0.05, 0) is 61.6 Å². The molecule has 4 aromatic rings. The molecule has 0 radical (unpaired) electrons. The molecule has 34 heavy (non-hydrogen) atoms. The van der Waals surface area contributed by atoms with E-state index >= 15 is 0 Å². The molecule has 0 bridgehead atoms. The third kappa shape index (κ3) is 4.20. The quantitative estimate of drug-likeness (QED) is 0.357. The van der Waals surface area contributed by atoms with Gasteiger partial charge in [-0.15, -0.1) is 11.3 Å². The first-order valence-electron chi connectivity index (χ1n) is 11.2. The Kier molecular flexibility index (Phi) is 6.15. The van der Waals surface area contributed by atoms with Crippen LogP contribution in [0.15, 0.2) is 58.8 Å². The summed E-state index contributed by atoms with van der Waals surface area (Å²) in [5.41, 5.74) is 3.01. The number of thiazole rings is 1. The summed E-state index contributed by atoms with van der Waals surface area (Å²) in [5, 5.41) is 11.0. The second kappa shape index (κ2) is 9.54. The second-order valence-corrected chi connectivity index (χ2v) is 9.03. The average Bonchev–Trinajstić information content (AvgIpc) is 3.56. The van der Waals surface area contributed by atoms with E-state index in [1.54, 1.807) is 42.0 Å². The van der Waals surface area contributed by atoms with E-state index in [4.69, 9.17) is 19.7 Å². The minimum atomic E-state index is -0.149. The first kappa shape index (κ1) is 21.9. The number of methoxy groups -OCH3 is 1. The summed E-state index contributed by atoms with van der Waals surface area (Å²) in [6.07, 6.45) is 10.1. The number of ether oxygens (including phenoxy) is 2. The zero-order chi connectivity index (χ0) is 23.5. The van der Waals surface area contributed by atoms with Gasteiger partial charge in [-0.25, -0.2) is 4.98 Å². The second-order valence-electron chi connectivity index (χ2n) is 8.16. The highest BCUT2D eigenvalue weighted by Gasteiger charge is 2.20. The third-order valence-electron chi connectivity index (χ3n) is 6.03. The summed E-state index contributed by atoms with van der Waals surface area (Å²) >= 11 is 1.41. The third-order valence-corrected chi connectivity index (χ3v) is 6.79. The minimum Gasteiger partial charge on any atom is -0.493 e. The predicted octanol–water partition coefficient (Wildman–Crippen LogP) is 5.80. The van der Waals surface area contributed by atoms with Gasteiger partial charge in [0.1, 0.15) is 0 Å². The van der Waals surface area contributed by atoms with Gasteiger partial charge in [-0.2, -0.15) is 5.26 Å². The molecule has 0 aliphatic heterocycles. The topological polar surface area (TPSA) is 76.6 Å². The molecule has 1 aliphatic carbocycles. The fourth-order valence-electron chi connectivity index (χ4n) is 4.29. The van der Waals surface area contributed by atoms with Gasteiger partial charge >= 0.3 is 0 Å². The number of benzene rings is 2. The van der Waals surface area contributed by atoms with Gasteiger partial charge in [-0.1, -0.05) is 24.3 Å². The lowest BCUT2D eigenvalue weighted by Gasteiger charge is -2.18. The molecule has 1 aliphatic rings. The zero-order valence-electron chi connectivity index (χ0n) is 18.7. The number of hydrogen-bond acceptors (Lipinski definition) is 6. The SMILES string of the molecule is COc1cccc(C=Cc2nc3sccn3c(=O)c2-c2ccc(C#N)cc2)c1OC1CCCC1. The Balaban J connectivity index is 1.61. The molecule has 2 aromatic heterocycles. The molecule has 6 nitrogen and oxygen atoms in total. The van der Waals surface area contributed by atoms with Crippen molar-refractivity contribution in [1.29, 1.82) is 5.26 Å². The molecule has 2 aromatic carbocycles. The first-order valence-corrected chi connectivity index (χ1v) is 12.1. The zero-order valence-corrected chi connectivity index (χ0v) is 19.5. The molecule has 0 amide bonds. The molecule has 2 heterocycles. The van der Waals surface area contributed by atoms with E-state index in [0.717, 1.165) is 18.4 Å². The van der Waals surface area contributed by atoms with Crippen LogP contribution >= 0.6 is 11.3 Å². The molecule has 0 atom stereocenters. The number of para-hydroxylation sites is 1. The van der Waals surface area contributed by atoms with Gasteiger partial charge in [0.25, 0.3) is 5.56 Å². The maximum Gasteiger partial charge on any atom is 0.266 e. The Morgan fingerprint density at radius 1 is 1.15 bits per heavy atom. The number of rotatable bonds is 6. The van der Waals surface area contributed by atoms with Crippen molar-refractivity contribution in [2.75, 3.05) is 7.11 Å². The molecule has 1 fully saturated rings. The van der Waals surface area contributed by atoms with Gasteiger partial charge in [-0.3, -0.25) is 9.20 Å². The smallest absolute Gasteiger partial charge is 0.266 e. The number of aromatic nitrogens is 2. The van der Waals surface area contributed by atoms with Gasteiger partial charge in [0.15, 0.2) is 16.5 Å². The standard InChI is InChI=1S/C27H23N3O3S/c1-32-23-8-4-5-20(25(23)33-21-6-2-3-7-21)13-14-22-24(19-11-9-18(17-28)10-12-19)26(31)30-15-16-34-27(30)29-22/h4-5,8-16,21H,2-3,6-7H2,1H3. The lowest BCUT2D eigenvalue weighted by atomic mass is 10.0. The van der Waals surface area contributed by atoms with Crippen LogP contribution in [0.1, 0.15) is 42.5 Å². The number of nitriles is 1. The summed E-state index contributed by atoms with van der Waals surface area (Å²) in [7, 11) is 1.64. The van der Waals surface area contributed by atoms with E-state index in [9.17, 15) is 4.79 Å². The average molecular weight is 470 g/mol. The highest BCUT2D eigenvalue weighted by Crippen LogP contribution is 2.36. The fraction of sp³-hybridized carbons (Fsp3) is 0.222. The molecular weight excluding hydrogens is 446 g/mol. The van der Waals surface area contributed by atoms with E-state index < -0.39 is 0 Å². The molecule has 0 spiro atoms. The lowest BCUT2D eigenvalue weighted by Crippen LogP contribution is -2.17. The minimum absolute atomic E-state index is 0.149. The number of fused-ring (bicyclic) bond motifs is 1. The van der Waals surface area contributed by atoms with Crippen molar-refractivity contribution in [2.45, 2.75) is 31.8 Å². The number of hydrogen-bond donors (Lipinski definition) is 0. The monoisotopic (exact) mass is 469 g/mol. The van der Waals surface area contributed by atoms with E-state index in [1.807, 2.05) is 35.7 Å². The summed E-state index contributed by atoms with van der Waals surface area (Å²) in [6.45, 7) is 0. The van der Waals surface area contributed by atoms with E-state index in [-0.39, 0.29) is 11.7 Å². The first-order chi connectivity index (χ1) is 16.7. The van der Waals surface area contributed by atoms with Gasteiger partial charge in [0.2, 0.25) is 0 Å². The Bertz CT molecular complexity index is 1460. The Morgan fingerprint density at radius 3 is 2.68 bits per heavy atom. The van der Waals surface area contributed by atoms with Crippen molar-refractivity contribution in [1.82, 2.24) is 9.38 Å². The Morgan fingerprint density at radius 2 is 1.94 bits per heavy atom. The Hall–Kier alpha value is -3.89. The van der Waals surface area contributed by atoms with Crippen LogP contribution in [0.3, 0.4) is 0 Å². The van der Waals surface area contributed by atoms with Crippen molar-refractivity contribution in [3.8, 4) is 28.7 Å². The lowest BCUT2D eigenvalue weighted by molar-refractivity contribution is 0.200. The molecule has 170 valence electrons. The van der Waals surface area contributed by atoms with Crippen molar-refractivity contribution in [2.24, 2.45) is 0 Å². The summed E-state index contributed by atoms with van der Waals surface area (Å²) < 4.78 is 13.5. The highest BCUT2D eigenvalue weighted by molar-refractivity contribution is 7.15. The van der Waals surface area contributed by atoms with Crippen LogP contribution in [-0.2, 0) is 0 Å². The molecule has 1 saturated carbocycles. The van der Waals surface area contributed by atoms with Crippen molar-refractivity contribution >= 4 is 28.4 Å². The van der Waals surface area contributed by atoms with Gasteiger partial charge in [0.05, 0.1) is 36.1 Å². The van der Waals surface area contributed by atoms with Crippen LogP contribution in [0, 0.1) is 11.3 Å². The largest absolute Gasteiger partial charge is 0.493 e. The van der Waals surface area contributed by atoms with Crippen LogP contribution in [0.2, 0.25) is 0 Å². The molecule has 7 heteroatoms. The number of nitrogens with zero attached hydrogens (tertiary/aromatic N) is 3. The summed E-state index contributed by atoms with van der Waals surface area (Å²) in [5.74, 6) is 1.39. The van der Waals surface area contributed by atoms with Crippen LogP contribution in [-0.4, -0.2) is 22.6 Å². The van der Waals surface area contributed by atoms with E-state index in [0.29, 0.717) is 38.8 Å². The van der Waals surface area contributed by atoms with Crippen LogP contribution in [0.25, 0.3) is 28.2 Å². The van der Waals surface area contributed by atoms with Gasteiger partial charge < -0.3 is 9.47 Å². The van der Waals surface area contributed by atoms with Crippen LogP contribution in [0.5, 0.6) is 11.5 Å².